The van der Waals surface area contributed by atoms with Crippen molar-refractivity contribution >= 4 is 18.5 Å². The molecule has 0 fully saturated rings. The normalized spacial score (nSPS) is 13.0. The van der Waals surface area contributed by atoms with Crippen molar-refractivity contribution < 1.29 is 4.79 Å². The number of primary amides is 1. The molecule has 0 saturated carbocycles. The minimum atomic E-state index is -0.288. The molecular weight excluding hydrogens is 148 g/mol. The number of thiol groups is 1. The van der Waals surface area contributed by atoms with Crippen LogP contribution in [0.1, 0.15) is 12.8 Å². The number of likely N-dealkylation sites (N-methyl/N-ethyl adjacent to an activating group) is 1. The van der Waals surface area contributed by atoms with E-state index in [0.29, 0.717) is 0 Å². The van der Waals surface area contributed by atoms with Gasteiger partial charge in [-0.2, -0.15) is 12.6 Å². The van der Waals surface area contributed by atoms with Crippen LogP contribution >= 0.6 is 12.6 Å². The minimum absolute atomic E-state index is 0.188. The average Bonchev–Trinajstić information content (AvgIpc) is 1.89. The number of hydrogen-bond acceptors (Lipinski definition) is 3. The largest absolute Gasteiger partial charge is 0.368 e. The Bertz CT molecular complexity index is 108. The van der Waals surface area contributed by atoms with E-state index in [-0.39, 0.29) is 11.9 Å². The summed E-state index contributed by atoms with van der Waals surface area (Å²) in [6, 6.07) is -0.188. The Morgan fingerprint density at radius 1 is 1.80 bits per heavy atom. The molecular formula is C6H14N2OS. The summed E-state index contributed by atoms with van der Waals surface area (Å²) in [5.74, 6) is 0.509. The highest BCUT2D eigenvalue weighted by Crippen LogP contribution is 1.96. The highest BCUT2D eigenvalue weighted by molar-refractivity contribution is 7.80. The van der Waals surface area contributed by atoms with Crippen molar-refractivity contribution in [2.24, 2.45) is 5.73 Å². The van der Waals surface area contributed by atoms with Gasteiger partial charge in [0.2, 0.25) is 5.91 Å². The Kier molecular flexibility index (Phi) is 5.43. The highest BCUT2D eigenvalue weighted by atomic mass is 32.1. The Morgan fingerprint density at radius 3 is 2.70 bits per heavy atom. The molecule has 0 aliphatic rings. The second-order valence-corrected chi connectivity index (χ2v) is 2.56. The third-order valence-electron chi connectivity index (χ3n) is 1.34. The molecule has 0 saturated heterocycles. The minimum Gasteiger partial charge on any atom is -0.368 e. The first-order valence-electron chi connectivity index (χ1n) is 3.29. The number of rotatable bonds is 5. The molecule has 4 heteroatoms. The van der Waals surface area contributed by atoms with E-state index in [1.165, 1.54) is 0 Å². The molecule has 0 aromatic rings. The fourth-order valence-corrected chi connectivity index (χ4v) is 0.907. The second-order valence-electron chi connectivity index (χ2n) is 2.11. The number of carbonyl (C=O) groups excluding carboxylic acids is 1. The molecule has 0 radical (unpaired) electrons. The van der Waals surface area contributed by atoms with Gasteiger partial charge in [-0.05, 0) is 25.6 Å². The Balaban J connectivity index is 3.50. The van der Waals surface area contributed by atoms with Crippen molar-refractivity contribution in [2.75, 3.05) is 12.8 Å². The first-order chi connectivity index (χ1) is 4.72. The summed E-state index contributed by atoms with van der Waals surface area (Å²) >= 11 is 4.02. The molecule has 0 bridgehead atoms. The first kappa shape index (κ1) is 9.78. The van der Waals surface area contributed by atoms with Crippen LogP contribution in [0.15, 0.2) is 0 Å². The quantitative estimate of drug-likeness (QED) is 0.489. The number of hydrogen-bond donors (Lipinski definition) is 3. The molecule has 0 aromatic carbocycles. The highest BCUT2D eigenvalue weighted by Gasteiger charge is 2.10. The van der Waals surface area contributed by atoms with E-state index in [4.69, 9.17) is 5.73 Å². The zero-order valence-corrected chi connectivity index (χ0v) is 7.03. The first-order valence-corrected chi connectivity index (χ1v) is 3.93. The van der Waals surface area contributed by atoms with Gasteiger partial charge in [0.25, 0.3) is 0 Å². The topological polar surface area (TPSA) is 55.1 Å². The van der Waals surface area contributed by atoms with E-state index in [9.17, 15) is 4.79 Å². The monoisotopic (exact) mass is 162 g/mol. The molecule has 1 atom stereocenters. The maximum absolute atomic E-state index is 10.6. The van der Waals surface area contributed by atoms with E-state index in [1.54, 1.807) is 7.05 Å². The summed E-state index contributed by atoms with van der Waals surface area (Å²) in [5.41, 5.74) is 5.06. The summed E-state index contributed by atoms with van der Waals surface area (Å²) in [6.07, 6.45) is 1.69. The van der Waals surface area contributed by atoms with Crippen LogP contribution in [0.3, 0.4) is 0 Å². The van der Waals surface area contributed by atoms with Crippen molar-refractivity contribution in [3.05, 3.63) is 0 Å². The second kappa shape index (κ2) is 5.56. The van der Waals surface area contributed by atoms with E-state index in [1.807, 2.05) is 0 Å². The van der Waals surface area contributed by atoms with E-state index in [0.717, 1.165) is 18.6 Å². The van der Waals surface area contributed by atoms with Gasteiger partial charge in [0, 0.05) is 0 Å². The van der Waals surface area contributed by atoms with Crippen LogP contribution in [0.5, 0.6) is 0 Å². The van der Waals surface area contributed by atoms with Crippen LogP contribution in [0, 0.1) is 0 Å². The Labute approximate surface area is 66.8 Å². The van der Waals surface area contributed by atoms with Crippen LogP contribution in [0.4, 0.5) is 0 Å². The van der Waals surface area contributed by atoms with E-state index < -0.39 is 0 Å². The molecule has 1 amide bonds. The molecule has 10 heavy (non-hydrogen) atoms. The van der Waals surface area contributed by atoms with Gasteiger partial charge in [-0.15, -0.1) is 0 Å². The predicted molar refractivity (Wildman–Crippen MR) is 45.1 cm³/mol. The summed E-state index contributed by atoms with van der Waals surface area (Å²) in [5, 5.41) is 2.83. The average molecular weight is 162 g/mol. The fourth-order valence-electron chi connectivity index (χ4n) is 0.724. The number of carbonyl (C=O) groups is 1. The van der Waals surface area contributed by atoms with Crippen LogP contribution in [-0.2, 0) is 4.79 Å². The molecule has 3 nitrogen and oxygen atoms in total. The smallest absolute Gasteiger partial charge is 0.234 e. The van der Waals surface area contributed by atoms with E-state index >= 15 is 0 Å². The van der Waals surface area contributed by atoms with Crippen LogP contribution in [0.25, 0.3) is 0 Å². The lowest BCUT2D eigenvalue weighted by atomic mass is 10.1. The summed E-state index contributed by atoms with van der Waals surface area (Å²) < 4.78 is 0. The van der Waals surface area contributed by atoms with Crippen LogP contribution in [0.2, 0.25) is 0 Å². The summed E-state index contributed by atoms with van der Waals surface area (Å²) in [4.78, 5) is 10.6. The van der Waals surface area contributed by atoms with Gasteiger partial charge in [0.05, 0.1) is 6.04 Å². The Morgan fingerprint density at radius 2 is 2.40 bits per heavy atom. The van der Waals surface area contributed by atoms with Gasteiger partial charge in [-0.3, -0.25) is 4.79 Å². The molecule has 0 heterocycles. The van der Waals surface area contributed by atoms with Gasteiger partial charge in [-0.25, -0.2) is 0 Å². The lowest BCUT2D eigenvalue weighted by molar-refractivity contribution is -0.120. The van der Waals surface area contributed by atoms with Crippen molar-refractivity contribution in [1.29, 1.82) is 0 Å². The lowest BCUT2D eigenvalue weighted by Gasteiger charge is -2.09. The Hall–Kier alpha value is -0.220. The van der Waals surface area contributed by atoms with Gasteiger partial charge >= 0.3 is 0 Å². The van der Waals surface area contributed by atoms with Crippen molar-refractivity contribution in [3.63, 3.8) is 0 Å². The van der Waals surface area contributed by atoms with Crippen LogP contribution < -0.4 is 11.1 Å². The number of amides is 1. The predicted octanol–water partition coefficient (Wildman–Crippen LogP) is -0.230. The molecule has 0 aliphatic heterocycles. The van der Waals surface area contributed by atoms with Gasteiger partial charge < -0.3 is 11.1 Å². The third kappa shape index (κ3) is 3.74. The van der Waals surface area contributed by atoms with Gasteiger partial charge in [-0.1, -0.05) is 0 Å². The van der Waals surface area contributed by atoms with Crippen molar-refractivity contribution in [3.8, 4) is 0 Å². The number of nitrogens with one attached hydrogen (secondary N) is 1. The van der Waals surface area contributed by atoms with Crippen LogP contribution in [-0.4, -0.2) is 24.7 Å². The molecule has 0 aromatic heterocycles. The van der Waals surface area contributed by atoms with Crippen molar-refractivity contribution in [2.45, 2.75) is 18.9 Å². The number of nitrogens with two attached hydrogens (primary N) is 1. The lowest BCUT2D eigenvalue weighted by Crippen LogP contribution is -2.39. The van der Waals surface area contributed by atoms with Gasteiger partial charge in [0.15, 0.2) is 0 Å². The molecule has 0 rings (SSSR count). The maximum atomic E-state index is 10.6. The standard InChI is InChI=1S/C6H14N2OS/c1-8-5(6(7)9)3-2-4-10/h5,8,10H,2-4H2,1H3,(H2,7,9). The van der Waals surface area contributed by atoms with Crippen molar-refractivity contribution in [1.82, 2.24) is 5.32 Å². The molecule has 3 N–H and O–H groups in total. The molecule has 60 valence electrons. The zero-order valence-electron chi connectivity index (χ0n) is 6.13. The SMILES string of the molecule is CNC(CCCS)C(N)=O. The third-order valence-corrected chi connectivity index (χ3v) is 1.66. The summed E-state index contributed by atoms with van der Waals surface area (Å²) in [6.45, 7) is 0. The van der Waals surface area contributed by atoms with E-state index in [2.05, 4.69) is 17.9 Å². The molecule has 1 unspecified atom stereocenters. The van der Waals surface area contributed by atoms with Gasteiger partial charge in [0.1, 0.15) is 0 Å². The zero-order chi connectivity index (χ0) is 7.98. The molecule has 0 spiro atoms. The maximum Gasteiger partial charge on any atom is 0.234 e. The molecule has 0 aliphatic carbocycles. The fraction of sp³-hybridized carbons (Fsp3) is 0.833. The summed E-state index contributed by atoms with van der Waals surface area (Å²) in [7, 11) is 1.73.